The van der Waals surface area contributed by atoms with Crippen molar-refractivity contribution in [2.75, 3.05) is 0 Å². The largest absolute Gasteiger partial charge is 0.478 e. The maximum atomic E-state index is 11.2. The molecule has 86 valence electrons. The second-order valence-corrected chi connectivity index (χ2v) is 4.66. The third-order valence-corrected chi connectivity index (χ3v) is 3.42. The molecule has 4 heteroatoms. The van der Waals surface area contributed by atoms with E-state index in [1.165, 1.54) is 12.8 Å². The SMILES string of the molecule is Cc1cc(C2CCCC2)c(C(=O)O)c(Cl)n1. The molecule has 0 bridgehead atoms. The predicted octanol–water partition coefficient (Wildman–Crippen LogP) is 3.40. The molecule has 1 aliphatic rings. The zero-order valence-corrected chi connectivity index (χ0v) is 9.92. The standard InChI is InChI=1S/C12H14ClNO2/c1-7-6-9(8-4-2-3-5-8)10(12(15)16)11(13)14-7/h6,8H,2-5H2,1H3,(H,15,16). The molecule has 0 saturated heterocycles. The number of hydrogen-bond acceptors (Lipinski definition) is 2. The number of hydrogen-bond donors (Lipinski definition) is 1. The molecule has 1 aromatic rings. The second kappa shape index (κ2) is 4.42. The molecule has 0 atom stereocenters. The molecule has 2 rings (SSSR count). The van der Waals surface area contributed by atoms with Crippen molar-refractivity contribution in [3.05, 3.63) is 28.0 Å². The van der Waals surface area contributed by atoms with Gasteiger partial charge in [0.25, 0.3) is 0 Å². The van der Waals surface area contributed by atoms with Crippen LogP contribution in [0.1, 0.15) is 53.2 Å². The fourth-order valence-electron chi connectivity index (χ4n) is 2.43. The van der Waals surface area contributed by atoms with Gasteiger partial charge in [0, 0.05) is 5.69 Å². The number of halogens is 1. The van der Waals surface area contributed by atoms with Gasteiger partial charge in [-0.3, -0.25) is 0 Å². The van der Waals surface area contributed by atoms with Gasteiger partial charge in [-0.05, 0) is 37.3 Å². The van der Waals surface area contributed by atoms with Crippen LogP contribution < -0.4 is 0 Å². The fraction of sp³-hybridized carbons (Fsp3) is 0.500. The van der Waals surface area contributed by atoms with Crippen molar-refractivity contribution in [3.8, 4) is 0 Å². The summed E-state index contributed by atoms with van der Waals surface area (Å²) in [6.45, 7) is 1.84. The maximum absolute atomic E-state index is 11.2. The maximum Gasteiger partial charge on any atom is 0.339 e. The number of carboxylic acid groups (broad SMARTS) is 1. The first kappa shape index (κ1) is 11.4. The van der Waals surface area contributed by atoms with Gasteiger partial charge >= 0.3 is 5.97 Å². The summed E-state index contributed by atoms with van der Waals surface area (Å²) in [5.74, 6) is -0.635. The molecular formula is C12H14ClNO2. The highest BCUT2D eigenvalue weighted by Crippen LogP contribution is 2.37. The Labute approximate surface area is 99.5 Å². The van der Waals surface area contributed by atoms with Crippen molar-refractivity contribution in [1.29, 1.82) is 0 Å². The van der Waals surface area contributed by atoms with E-state index in [-0.39, 0.29) is 10.7 Å². The summed E-state index contributed by atoms with van der Waals surface area (Å²) < 4.78 is 0. The van der Waals surface area contributed by atoms with Crippen molar-refractivity contribution in [2.24, 2.45) is 0 Å². The van der Waals surface area contributed by atoms with Gasteiger partial charge < -0.3 is 5.11 Å². The van der Waals surface area contributed by atoms with E-state index in [0.717, 1.165) is 24.1 Å². The molecule has 1 saturated carbocycles. The Kier molecular flexibility index (Phi) is 3.15. The number of nitrogens with zero attached hydrogens (tertiary/aromatic N) is 1. The molecule has 0 aromatic carbocycles. The Balaban J connectivity index is 2.52. The predicted molar refractivity (Wildman–Crippen MR) is 62.2 cm³/mol. The molecule has 0 unspecified atom stereocenters. The van der Waals surface area contributed by atoms with Crippen LogP contribution in [0.4, 0.5) is 0 Å². The lowest BCUT2D eigenvalue weighted by Gasteiger charge is -2.14. The Morgan fingerprint density at radius 2 is 2.12 bits per heavy atom. The van der Waals surface area contributed by atoms with E-state index in [9.17, 15) is 9.90 Å². The number of aromatic carboxylic acids is 1. The highest BCUT2D eigenvalue weighted by molar-refractivity contribution is 6.32. The minimum atomic E-state index is -0.973. The van der Waals surface area contributed by atoms with Crippen LogP contribution in [0.2, 0.25) is 5.15 Å². The van der Waals surface area contributed by atoms with Crippen LogP contribution in [-0.4, -0.2) is 16.1 Å². The lowest BCUT2D eigenvalue weighted by atomic mass is 9.93. The molecule has 0 radical (unpaired) electrons. The lowest BCUT2D eigenvalue weighted by Crippen LogP contribution is -2.08. The Morgan fingerprint density at radius 1 is 1.50 bits per heavy atom. The van der Waals surface area contributed by atoms with Gasteiger partial charge in [0.1, 0.15) is 10.7 Å². The second-order valence-electron chi connectivity index (χ2n) is 4.31. The fourth-order valence-corrected chi connectivity index (χ4v) is 2.75. The van der Waals surface area contributed by atoms with Crippen molar-refractivity contribution >= 4 is 17.6 Å². The normalized spacial score (nSPS) is 16.6. The number of carbonyl (C=O) groups is 1. The minimum absolute atomic E-state index is 0.120. The van der Waals surface area contributed by atoms with E-state index in [4.69, 9.17) is 11.6 Å². The van der Waals surface area contributed by atoms with Gasteiger partial charge in [0.05, 0.1) is 0 Å². The summed E-state index contributed by atoms with van der Waals surface area (Å²) in [4.78, 5) is 15.2. The molecule has 1 aromatic heterocycles. The van der Waals surface area contributed by atoms with Crippen LogP contribution in [0.5, 0.6) is 0 Å². The first-order valence-corrected chi connectivity index (χ1v) is 5.87. The number of pyridine rings is 1. The minimum Gasteiger partial charge on any atom is -0.478 e. The molecule has 0 aliphatic heterocycles. The molecule has 1 fully saturated rings. The molecule has 16 heavy (non-hydrogen) atoms. The summed E-state index contributed by atoms with van der Waals surface area (Å²) in [5.41, 5.74) is 1.85. The van der Waals surface area contributed by atoms with Gasteiger partial charge in [0.2, 0.25) is 0 Å². The van der Waals surface area contributed by atoms with E-state index in [1.807, 2.05) is 13.0 Å². The summed E-state index contributed by atoms with van der Waals surface area (Å²) in [6, 6.07) is 1.87. The average molecular weight is 240 g/mol. The van der Waals surface area contributed by atoms with Crippen LogP contribution >= 0.6 is 11.6 Å². The zero-order valence-electron chi connectivity index (χ0n) is 9.16. The summed E-state index contributed by atoms with van der Waals surface area (Å²) in [5, 5.41) is 9.29. The molecular weight excluding hydrogens is 226 g/mol. The Hall–Kier alpha value is -1.09. The third kappa shape index (κ3) is 2.05. The van der Waals surface area contributed by atoms with E-state index in [2.05, 4.69) is 4.98 Å². The number of rotatable bonds is 2. The smallest absolute Gasteiger partial charge is 0.339 e. The lowest BCUT2D eigenvalue weighted by molar-refractivity contribution is 0.0695. The molecule has 3 nitrogen and oxygen atoms in total. The van der Waals surface area contributed by atoms with Crippen molar-refractivity contribution in [1.82, 2.24) is 4.98 Å². The highest BCUT2D eigenvalue weighted by Gasteiger charge is 2.25. The molecule has 0 spiro atoms. The summed E-state index contributed by atoms with van der Waals surface area (Å²) in [7, 11) is 0. The van der Waals surface area contributed by atoms with Crippen LogP contribution in [-0.2, 0) is 0 Å². The van der Waals surface area contributed by atoms with Crippen molar-refractivity contribution < 1.29 is 9.90 Å². The molecule has 0 amide bonds. The van der Waals surface area contributed by atoms with Crippen LogP contribution in [0.3, 0.4) is 0 Å². The first-order valence-electron chi connectivity index (χ1n) is 5.50. The summed E-state index contributed by atoms with van der Waals surface area (Å²) in [6.07, 6.45) is 4.45. The first-order chi connectivity index (χ1) is 7.59. The van der Waals surface area contributed by atoms with Gasteiger partial charge in [-0.2, -0.15) is 0 Å². The van der Waals surface area contributed by atoms with Crippen molar-refractivity contribution in [3.63, 3.8) is 0 Å². The number of aryl methyl sites for hydroxylation is 1. The van der Waals surface area contributed by atoms with E-state index < -0.39 is 5.97 Å². The molecule has 1 aliphatic carbocycles. The zero-order chi connectivity index (χ0) is 11.7. The molecule has 1 heterocycles. The van der Waals surface area contributed by atoms with Crippen molar-refractivity contribution in [2.45, 2.75) is 38.5 Å². The topological polar surface area (TPSA) is 50.2 Å². The van der Waals surface area contributed by atoms with Crippen LogP contribution in [0.25, 0.3) is 0 Å². The monoisotopic (exact) mass is 239 g/mol. The van der Waals surface area contributed by atoms with E-state index in [0.29, 0.717) is 5.92 Å². The number of aromatic nitrogens is 1. The van der Waals surface area contributed by atoms with Gasteiger partial charge in [-0.25, -0.2) is 9.78 Å². The van der Waals surface area contributed by atoms with E-state index in [1.54, 1.807) is 0 Å². The highest BCUT2D eigenvalue weighted by atomic mass is 35.5. The molecule has 1 N–H and O–H groups in total. The quantitative estimate of drug-likeness (QED) is 0.805. The van der Waals surface area contributed by atoms with Gasteiger partial charge in [0.15, 0.2) is 0 Å². The van der Waals surface area contributed by atoms with Gasteiger partial charge in [-0.15, -0.1) is 0 Å². The van der Waals surface area contributed by atoms with Crippen LogP contribution in [0, 0.1) is 6.92 Å². The van der Waals surface area contributed by atoms with Crippen LogP contribution in [0.15, 0.2) is 6.07 Å². The third-order valence-electron chi connectivity index (χ3n) is 3.14. The number of carboxylic acids is 1. The van der Waals surface area contributed by atoms with Gasteiger partial charge in [-0.1, -0.05) is 24.4 Å². The summed E-state index contributed by atoms with van der Waals surface area (Å²) >= 11 is 5.92. The average Bonchev–Trinajstić information content (AvgIpc) is 2.67. The Bertz CT molecular complexity index is 425. The Morgan fingerprint density at radius 3 is 2.69 bits per heavy atom. The van der Waals surface area contributed by atoms with E-state index >= 15 is 0 Å².